The first-order valence-electron chi connectivity index (χ1n) is 12.1. The van der Waals surface area contributed by atoms with E-state index in [0.717, 1.165) is 57.1 Å². The van der Waals surface area contributed by atoms with Gasteiger partial charge in [0.1, 0.15) is 0 Å². The van der Waals surface area contributed by atoms with E-state index in [0.29, 0.717) is 6.42 Å². The van der Waals surface area contributed by atoms with Gasteiger partial charge in [-0.3, -0.25) is 9.78 Å². The minimum atomic E-state index is -3.26. The molecule has 3 aromatic carbocycles. The lowest BCUT2D eigenvalue weighted by Gasteiger charge is -2.17. The van der Waals surface area contributed by atoms with Crippen LogP contribution >= 0.6 is 0 Å². The number of carbonyl (C=O) groups is 1. The molecular weight excluding hydrogens is 470 g/mol. The van der Waals surface area contributed by atoms with Gasteiger partial charge >= 0.3 is 5.97 Å². The second-order valence-corrected chi connectivity index (χ2v) is 11.8. The SMILES string of the molecule is CCC(c1cc(-c2cccc(-c3ccc(C4(C(=O)OC)CC4)cc3)c2)c2ncccc2c1)S(C)(=O)=O. The molecule has 1 unspecified atom stereocenters. The number of rotatable bonds is 7. The fraction of sp³-hybridized carbons (Fsp3) is 0.267. The molecule has 5 nitrogen and oxygen atoms in total. The van der Waals surface area contributed by atoms with E-state index >= 15 is 0 Å². The van der Waals surface area contributed by atoms with Crippen LogP contribution in [-0.2, 0) is 24.8 Å². The van der Waals surface area contributed by atoms with Gasteiger partial charge in [0.15, 0.2) is 9.84 Å². The van der Waals surface area contributed by atoms with Crippen molar-refractivity contribution in [2.45, 2.75) is 36.9 Å². The summed E-state index contributed by atoms with van der Waals surface area (Å²) in [6, 6.07) is 24.1. The summed E-state index contributed by atoms with van der Waals surface area (Å²) in [4.78, 5) is 16.9. The van der Waals surface area contributed by atoms with Gasteiger partial charge in [-0.2, -0.15) is 0 Å². The van der Waals surface area contributed by atoms with Gasteiger partial charge in [-0.25, -0.2) is 8.42 Å². The lowest BCUT2D eigenvalue weighted by atomic mass is 9.92. The normalized spacial score (nSPS) is 15.4. The molecule has 1 saturated carbocycles. The predicted octanol–water partition coefficient (Wildman–Crippen LogP) is 6.27. The molecule has 0 spiro atoms. The fourth-order valence-corrected chi connectivity index (χ4v) is 6.42. The van der Waals surface area contributed by atoms with Crippen molar-refractivity contribution >= 4 is 26.7 Å². The zero-order valence-electron chi connectivity index (χ0n) is 20.7. The average Bonchev–Trinajstić information content (AvgIpc) is 3.70. The molecule has 0 saturated heterocycles. The Morgan fingerprint density at radius 3 is 2.33 bits per heavy atom. The number of pyridine rings is 1. The molecule has 6 heteroatoms. The zero-order valence-corrected chi connectivity index (χ0v) is 21.5. The van der Waals surface area contributed by atoms with Gasteiger partial charge in [-0.1, -0.05) is 55.5 Å². The summed E-state index contributed by atoms with van der Waals surface area (Å²) < 4.78 is 30.0. The standard InChI is InChI=1S/C30H29NO4S/c1-4-27(36(3,33)34)24-18-23-9-6-16-31-28(23)26(19-24)22-8-5-7-21(17-22)20-10-12-25(13-11-20)30(14-15-30)29(32)35-2/h5-13,16-19,27H,4,14-15H2,1-3H3. The van der Waals surface area contributed by atoms with E-state index in [1.807, 2.05) is 67.6 Å². The predicted molar refractivity (Wildman–Crippen MR) is 143 cm³/mol. The van der Waals surface area contributed by atoms with Crippen molar-refractivity contribution in [3.8, 4) is 22.3 Å². The third-order valence-corrected chi connectivity index (χ3v) is 8.90. The summed E-state index contributed by atoms with van der Waals surface area (Å²) in [5.74, 6) is -0.170. The number of nitrogens with zero attached hydrogens (tertiary/aromatic N) is 1. The number of sulfone groups is 1. The van der Waals surface area contributed by atoms with Crippen molar-refractivity contribution < 1.29 is 17.9 Å². The number of ether oxygens (including phenoxy) is 1. The van der Waals surface area contributed by atoms with Crippen molar-refractivity contribution in [3.05, 3.63) is 90.1 Å². The van der Waals surface area contributed by atoms with Crippen LogP contribution in [0.3, 0.4) is 0 Å². The maximum atomic E-state index is 12.5. The van der Waals surface area contributed by atoms with Crippen LogP contribution in [0.2, 0.25) is 0 Å². The minimum absolute atomic E-state index is 0.170. The molecule has 4 aromatic rings. The molecule has 184 valence electrons. The Labute approximate surface area is 212 Å². The lowest BCUT2D eigenvalue weighted by molar-refractivity contribution is -0.143. The second kappa shape index (κ2) is 9.17. The maximum Gasteiger partial charge on any atom is 0.316 e. The highest BCUT2D eigenvalue weighted by Gasteiger charge is 2.52. The van der Waals surface area contributed by atoms with Crippen LogP contribution in [0.15, 0.2) is 79.0 Å². The van der Waals surface area contributed by atoms with E-state index in [2.05, 4.69) is 17.1 Å². The van der Waals surface area contributed by atoms with Crippen LogP contribution in [0.25, 0.3) is 33.2 Å². The van der Waals surface area contributed by atoms with Crippen molar-refractivity contribution in [1.29, 1.82) is 0 Å². The summed E-state index contributed by atoms with van der Waals surface area (Å²) >= 11 is 0. The number of esters is 1. The van der Waals surface area contributed by atoms with Crippen LogP contribution in [0.1, 0.15) is 42.6 Å². The number of aromatic nitrogens is 1. The fourth-order valence-electron chi connectivity index (χ4n) is 5.19. The van der Waals surface area contributed by atoms with Crippen LogP contribution in [0.4, 0.5) is 0 Å². The molecule has 1 fully saturated rings. The van der Waals surface area contributed by atoms with Crippen LogP contribution in [0.5, 0.6) is 0 Å². The summed E-state index contributed by atoms with van der Waals surface area (Å²) in [6.45, 7) is 1.90. The third kappa shape index (κ3) is 4.30. The number of hydrogen-bond acceptors (Lipinski definition) is 5. The van der Waals surface area contributed by atoms with Gasteiger partial charge in [0, 0.05) is 23.4 Å². The number of methoxy groups -OCH3 is 1. The summed E-state index contributed by atoms with van der Waals surface area (Å²) in [7, 11) is -1.82. The van der Waals surface area contributed by atoms with Gasteiger partial charge < -0.3 is 4.74 Å². The van der Waals surface area contributed by atoms with E-state index in [1.54, 1.807) is 6.20 Å². The van der Waals surface area contributed by atoms with E-state index < -0.39 is 20.5 Å². The van der Waals surface area contributed by atoms with Crippen molar-refractivity contribution in [3.63, 3.8) is 0 Å². The Kier molecular flexibility index (Phi) is 6.17. The number of fused-ring (bicyclic) bond motifs is 1. The number of hydrogen-bond donors (Lipinski definition) is 0. The first-order valence-corrected chi connectivity index (χ1v) is 14.1. The van der Waals surface area contributed by atoms with Crippen LogP contribution < -0.4 is 0 Å². The van der Waals surface area contributed by atoms with Gasteiger partial charge in [0.05, 0.1) is 23.3 Å². The highest BCUT2D eigenvalue weighted by Crippen LogP contribution is 2.49. The smallest absolute Gasteiger partial charge is 0.316 e. The van der Waals surface area contributed by atoms with Crippen molar-refractivity contribution in [2.75, 3.05) is 13.4 Å². The lowest BCUT2D eigenvalue weighted by Crippen LogP contribution is -2.21. The summed E-state index contributed by atoms with van der Waals surface area (Å²) in [5, 5.41) is 0.348. The van der Waals surface area contributed by atoms with Gasteiger partial charge in [-0.05, 0) is 71.3 Å². The molecule has 1 heterocycles. The molecule has 0 N–H and O–H groups in total. The maximum absolute atomic E-state index is 12.5. The third-order valence-electron chi connectivity index (χ3n) is 7.26. The molecule has 36 heavy (non-hydrogen) atoms. The van der Waals surface area contributed by atoms with E-state index in [4.69, 9.17) is 4.74 Å². The zero-order chi connectivity index (χ0) is 25.5. The highest BCUT2D eigenvalue weighted by atomic mass is 32.2. The quantitative estimate of drug-likeness (QED) is 0.280. The molecule has 1 aromatic heterocycles. The van der Waals surface area contributed by atoms with Gasteiger partial charge in [0.25, 0.3) is 0 Å². The molecule has 1 aliphatic carbocycles. The van der Waals surface area contributed by atoms with E-state index in [-0.39, 0.29) is 5.97 Å². The van der Waals surface area contributed by atoms with Crippen molar-refractivity contribution in [1.82, 2.24) is 4.98 Å². The highest BCUT2D eigenvalue weighted by molar-refractivity contribution is 7.90. The average molecular weight is 500 g/mol. The Bertz CT molecular complexity index is 1550. The molecule has 1 atom stereocenters. The monoisotopic (exact) mass is 499 g/mol. The second-order valence-electron chi connectivity index (χ2n) is 9.60. The van der Waals surface area contributed by atoms with E-state index in [9.17, 15) is 13.2 Å². The summed E-state index contributed by atoms with van der Waals surface area (Å²) in [5.41, 5.74) is 6.07. The Morgan fingerprint density at radius 1 is 0.972 bits per heavy atom. The molecule has 5 rings (SSSR count). The topological polar surface area (TPSA) is 73.3 Å². The Hall–Kier alpha value is -3.51. The molecule has 0 amide bonds. The largest absolute Gasteiger partial charge is 0.468 e. The number of carbonyl (C=O) groups excluding carboxylic acids is 1. The van der Waals surface area contributed by atoms with Crippen LogP contribution in [-0.4, -0.2) is 32.7 Å². The number of benzene rings is 3. The molecular formula is C30H29NO4S. The van der Waals surface area contributed by atoms with E-state index in [1.165, 1.54) is 13.4 Å². The summed E-state index contributed by atoms with van der Waals surface area (Å²) in [6.07, 6.45) is 5.19. The van der Waals surface area contributed by atoms with Crippen molar-refractivity contribution in [2.24, 2.45) is 0 Å². The first-order chi connectivity index (χ1) is 17.3. The first kappa shape index (κ1) is 24.2. The Morgan fingerprint density at radius 2 is 1.69 bits per heavy atom. The molecule has 1 aliphatic rings. The van der Waals surface area contributed by atoms with Crippen LogP contribution in [0, 0.1) is 0 Å². The Balaban J connectivity index is 1.57. The van der Waals surface area contributed by atoms with Gasteiger partial charge in [-0.15, -0.1) is 0 Å². The minimum Gasteiger partial charge on any atom is -0.468 e. The molecule has 0 aliphatic heterocycles. The molecule has 0 bridgehead atoms. The molecule has 0 radical (unpaired) electrons. The van der Waals surface area contributed by atoms with Gasteiger partial charge in [0.2, 0.25) is 0 Å².